The summed E-state index contributed by atoms with van der Waals surface area (Å²) in [6.45, 7) is 2.98. The lowest BCUT2D eigenvalue weighted by Gasteiger charge is -2.11. The molecule has 2 heterocycles. The van der Waals surface area contributed by atoms with Crippen molar-refractivity contribution in [3.63, 3.8) is 0 Å². The van der Waals surface area contributed by atoms with Crippen LogP contribution in [0.25, 0.3) is 10.9 Å². The van der Waals surface area contributed by atoms with Crippen LogP contribution in [0, 0.1) is 0 Å². The molecule has 0 aliphatic heterocycles. The standard InChI is InChI=1S/C16H17ClN2O/c1-11(7-14-3-2-6-20-14)18-9-12-10-19-16-8-13(17)4-5-15(12)16/h2-6,8,10-11,18-19H,7,9H2,1H3. The van der Waals surface area contributed by atoms with Gasteiger partial charge in [0.15, 0.2) is 0 Å². The summed E-state index contributed by atoms with van der Waals surface area (Å²) in [5.74, 6) is 1.01. The molecule has 0 amide bonds. The first-order valence-corrected chi connectivity index (χ1v) is 7.11. The van der Waals surface area contributed by atoms with Gasteiger partial charge in [-0.1, -0.05) is 17.7 Å². The van der Waals surface area contributed by atoms with Crippen molar-refractivity contribution in [3.05, 3.63) is 59.1 Å². The van der Waals surface area contributed by atoms with Crippen LogP contribution in [-0.4, -0.2) is 11.0 Å². The summed E-state index contributed by atoms with van der Waals surface area (Å²) in [5, 5.41) is 5.49. The molecule has 1 unspecified atom stereocenters. The largest absolute Gasteiger partial charge is 0.469 e. The molecule has 104 valence electrons. The first-order chi connectivity index (χ1) is 9.72. The zero-order chi connectivity index (χ0) is 13.9. The van der Waals surface area contributed by atoms with Crippen molar-refractivity contribution in [1.82, 2.24) is 10.3 Å². The second-order valence-corrected chi connectivity index (χ2v) is 5.51. The minimum atomic E-state index is 0.360. The smallest absolute Gasteiger partial charge is 0.105 e. The highest BCUT2D eigenvalue weighted by atomic mass is 35.5. The maximum Gasteiger partial charge on any atom is 0.105 e. The van der Waals surface area contributed by atoms with Gasteiger partial charge in [0.2, 0.25) is 0 Å². The van der Waals surface area contributed by atoms with Gasteiger partial charge < -0.3 is 14.7 Å². The van der Waals surface area contributed by atoms with Crippen LogP contribution in [0.5, 0.6) is 0 Å². The molecule has 0 fully saturated rings. The number of benzene rings is 1. The zero-order valence-electron chi connectivity index (χ0n) is 11.3. The molecule has 0 spiro atoms. The number of furan rings is 1. The highest BCUT2D eigenvalue weighted by Gasteiger charge is 2.08. The monoisotopic (exact) mass is 288 g/mol. The molecular weight excluding hydrogens is 272 g/mol. The van der Waals surface area contributed by atoms with Gasteiger partial charge in [-0.3, -0.25) is 0 Å². The van der Waals surface area contributed by atoms with Crippen LogP contribution in [0.15, 0.2) is 47.2 Å². The van der Waals surface area contributed by atoms with E-state index in [9.17, 15) is 0 Å². The molecule has 4 heteroatoms. The van der Waals surface area contributed by atoms with Crippen molar-refractivity contribution in [2.75, 3.05) is 0 Å². The van der Waals surface area contributed by atoms with Gasteiger partial charge in [-0.15, -0.1) is 0 Å². The van der Waals surface area contributed by atoms with Crippen molar-refractivity contribution >= 4 is 22.5 Å². The fourth-order valence-electron chi connectivity index (χ4n) is 2.39. The number of H-pyrrole nitrogens is 1. The van der Waals surface area contributed by atoms with E-state index in [1.165, 1.54) is 10.9 Å². The van der Waals surface area contributed by atoms with Gasteiger partial charge in [-0.05, 0) is 36.8 Å². The van der Waals surface area contributed by atoms with E-state index in [2.05, 4.69) is 23.3 Å². The molecule has 3 rings (SSSR count). The van der Waals surface area contributed by atoms with Crippen LogP contribution in [-0.2, 0) is 13.0 Å². The Morgan fingerprint density at radius 2 is 2.25 bits per heavy atom. The third-order valence-corrected chi connectivity index (χ3v) is 3.69. The summed E-state index contributed by atoms with van der Waals surface area (Å²) in [5.41, 5.74) is 2.33. The van der Waals surface area contributed by atoms with Gasteiger partial charge in [-0.2, -0.15) is 0 Å². The van der Waals surface area contributed by atoms with Gasteiger partial charge >= 0.3 is 0 Å². The quantitative estimate of drug-likeness (QED) is 0.741. The first-order valence-electron chi connectivity index (χ1n) is 6.73. The van der Waals surface area contributed by atoms with Crippen molar-refractivity contribution in [2.45, 2.75) is 25.9 Å². The van der Waals surface area contributed by atoms with Crippen LogP contribution in [0.1, 0.15) is 18.2 Å². The summed E-state index contributed by atoms with van der Waals surface area (Å²) < 4.78 is 5.36. The van der Waals surface area contributed by atoms with E-state index in [0.29, 0.717) is 6.04 Å². The van der Waals surface area contributed by atoms with Crippen LogP contribution >= 0.6 is 11.6 Å². The number of aromatic amines is 1. The Morgan fingerprint density at radius 1 is 1.35 bits per heavy atom. The molecule has 1 aromatic carbocycles. The van der Waals surface area contributed by atoms with Crippen LogP contribution in [0.4, 0.5) is 0 Å². The second kappa shape index (κ2) is 5.73. The first kappa shape index (κ1) is 13.3. The molecule has 0 radical (unpaired) electrons. The van der Waals surface area contributed by atoms with E-state index in [1.807, 2.05) is 30.5 Å². The normalized spacial score (nSPS) is 12.9. The molecule has 20 heavy (non-hydrogen) atoms. The molecule has 0 aliphatic carbocycles. The van der Waals surface area contributed by atoms with Crippen molar-refractivity contribution in [2.24, 2.45) is 0 Å². The summed E-state index contributed by atoms with van der Waals surface area (Å²) in [7, 11) is 0. The van der Waals surface area contributed by atoms with Crippen molar-refractivity contribution in [1.29, 1.82) is 0 Å². The third kappa shape index (κ3) is 2.89. The fraction of sp³-hybridized carbons (Fsp3) is 0.250. The molecule has 1 atom stereocenters. The Morgan fingerprint density at radius 3 is 3.05 bits per heavy atom. The topological polar surface area (TPSA) is 41.0 Å². The summed E-state index contributed by atoms with van der Waals surface area (Å²) in [6.07, 6.45) is 4.64. The maximum absolute atomic E-state index is 5.99. The molecule has 0 saturated heterocycles. The highest BCUT2D eigenvalue weighted by molar-refractivity contribution is 6.31. The lowest BCUT2D eigenvalue weighted by Crippen LogP contribution is -2.27. The Labute approximate surface area is 122 Å². The van der Waals surface area contributed by atoms with E-state index in [-0.39, 0.29) is 0 Å². The van der Waals surface area contributed by atoms with Crippen LogP contribution in [0.3, 0.4) is 0 Å². The number of hydrogen-bond donors (Lipinski definition) is 2. The molecule has 3 aromatic rings. The van der Waals surface area contributed by atoms with E-state index in [1.54, 1.807) is 6.26 Å². The molecule has 3 nitrogen and oxygen atoms in total. The summed E-state index contributed by atoms with van der Waals surface area (Å²) in [4.78, 5) is 3.26. The maximum atomic E-state index is 5.99. The van der Waals surface area contributed by atoms with Crippen molar-refractivity contribution < 1.29 is 4.42 Å². The SMILES string of the molecule is CC(Cc1ccco1)NCc1c[nH]c2cc(Cl)ccc12. The summed E-state index contributed by atoms with van der Waals surface area (Å²) in [6, 6.07) is 10.2. The Kier molecular flexibility index (Phi) is 3.81. The minimum Gasteiger partial charge on any atom is -0.469 e. The van der Waals surface area contributed by atoms with Gasteiger partial charge in [-0.25, -0.2) is 0 Å². The lowest BCUT2D eigenvalue weighted by molar-refractivity contribution is 0.457. The van der Waals surface area contributed by atoms with Crippen molar-refractivity contribution in [3.8, 4) is 0 Å². The average Bonchev–Trinajstić information content (AvgIpc) is 3.05. The summed E-state index contributed by atoms with van der Waals surface area (Å²) >= 11 is 5.99. The molecule has 0 aliphatic rings. The predicted octanol–water partition coefficient (Wildman–Crippen LogP) is 4.14. The van der Waals surface area contributed by atoms with E-state index >= 15 is 0 Å². The third-order valence-electron chi connectivity index (χ3n) is 3.46. The molecule has 2 N–H and O–H groups in total. The molecule has 0 saturated carbocycles. The molecular formula is C16H17ClN2O. The number of fused-ring (bicyclic) bond motifs is 1. The molecule has 0 bridgehead atoms. The van der Waals surface area contributed by atoms with Gasteiger partial charge in [0.25, 0.3) is 0 Å². The van der Waals surface area contributed by atoms with E-state index in [4.69, 9.17) is 16.0 Å². The second-order valence-electron chi connectivity index (χ2n) is 5.07. The van der Waals surface area contributed by atoms with Gasteiger partial charge in [0.05, 0.1) is 6.26 Å². The molecule has 2 aromatic heterocycles. The Bertz CT molecular complexity index is 688. The van der Waals surface area contributed by atoms with Crippen LogP contribution in [0.2, 0.25) is 5.02 Å². The van der Waals surface area contributed by atoms with Crippen LogP contribution < -0.4 is 5.32 Å². The highest BCUT2D eigenvalue weighted by Crippen LogP contribution is 2.22. The minimum absolute atomic E-state index is 0.360. The number of rotatable bonds is 5. The zero-order valence-corrected chi connectivity index (χ0v) is 12.1. The number of halogens is 1. The predicted molar refractivity (Wildman–Crippen MR) is 82.0 cm³/mol. The lowest BCUT2D eigenvalue weighted by atomic mass is 10.1. The Balaban J connectivity index is 1.65. The fourth-order valence-corrected chi connectivity index (χ4v) is 2.56. The number of hydrogen-bond acceptors (Lipinski definition) is 2. The number of nitrogens with one attached hydrogen (secondary N) is 2. The Hall–Kier alpha value is -1.71. The van der Waals surface area contributed by atoms with Gasteiger partial charge in [0, 0.05) is 41.1 Å². The average molecular weight is 289 g/mol. The van der Waals surface area contributed by atoms with Gasteiger partial charge in [0.1, 0.15) is 5.76 Å². The number of aromatic nitrogens is 1. The van der Waals surface area contributed by atoms with E-state index in [0.717, 1.165) is 29.3 Å². The van der Waals surface area contributed by atoms with E-state index < -0.39 is 0 Å².